The topological polar surface area (TPSA) is 23.5 Å². The van der Waals surface area contributed by atoms with Crippen molar-refractivity contribution < 1.29 is 5.11 Å². The third-order valence-corrected chi connectivity index (χ3v) is 4.62. The van der Waals surface area contributed by atoms with Crippen LogP contribution in [0.25, 0.3) is 0 Å². The van der Waals surface area contributed by atoms with Crippen molar-refractivity contribution in [3.05, 3.63) is 35.4 Å². The van der Waals surface area contributed by atoms with E-state index in [1.54, 1.807) is 0 Å². The Labute approximate surface area is 130 Å². The lowest BCUT2D eigenvalue weighted by Gasteiger charge is -2.32. The summed E-state index contributed by atoms with van der Waals surface area (Å²) in [5, 5.41) is 10.6. The van der Waals surface area contributed by atoms with E-state index in [4.69, 9.17) is 0 Å². The summed E-state index contributed by atoms with van der Waals surface area (Å²) in [5.74, 6) is 0.653. The molecular formula is C19H31NO. The number of aliphatic hydroxyl groups is 1. The molecule has 0 radical (unpaired) electrons. The first-order valence-corrected chi connectivity index (χ1v) is 8.61. The summed E-state index contributed by atoms with van der Waals surface area (Å²) in [6.45, 7) is 8.56. The molecule has 0 aromatic heterocycles. The first kappa shape index (κ1) is 16.5. The van der Waals surface area contributed by atoms with Crippen molar-refractivity contribution in [3.63, 3.8) is 0 Å². The van der Waals surface area contributed by atoms with Crippen molar-refractivity contribution >= 4 is 0 Å². The standard InChI is InChI=1S/C19H31NO/c1-4-16-9-11-17(12-10-16)19(21)14-20(13-15(2)3)18-7-5-6-8-18/h9-12,15,18-19,21H,4-8,13-14H2,1-3H3. The van der Waals surface area contributed by atoms with Gasteiger partial charge in [-0.2, -0.15) is 0 Å². The normalized spacial score (nSPS) is 17.8. The van der Waals surface area contributed by atoms with Gasteiger partial charge in [-0.25, -0.2) is 0 Å². The van der Waals surface area contributed by atoms with Gasteiger partial charge in [0.2, 0.25) is 0 Å². The van der Waals surface area contributed by atoms with Crippen molar-refractivity contribution in [2.75, 3.05) is 13.1 Å². The third kappa shape index (κ3) is 4.82. The molecule has 1 N–H and O–H groups in total. The molecule has 0 bridgehead atoms. The van der Waals surface area contributed by atoms with Crippen LogP contribution in [0.5, 0.6) is 0 Å². The van der Waals surface area contributed by atoms with Crippen molar-refractivity contribution in [1.82, 2.24) is 4.90 Å². The van der Waals surface area contributed by atoms with Crippen LogP contribution in [-0.4, -0.2) is 29.1 Å². The average Bonchev–Trinajstić information content (AvgIpc) is 3.00. The molecule has 118 valence electrons. The van der Waals surface area contributed by atoms with Crippen LogP contribution in [0.15, 0.2) is 24.3 Å². The average molecular weight is 289 g/mol. The first-order chi connectivity index (χ1) is 10.1. The Morgan fingerprint density at radius 1 is 1.10 bits per heavy atom. The lowest BCUT2D eigenvalue weighted by molar-refractivity contribution is 0.0796. The van der Waals surface area contributed by atoms with Crippen molar-refractivity contribution in [2.24, 2.45) is 5.92 Å². The molecule has 1 fully saturated rings. The monoisotopic (exact) mass is 289 g/mol. The van der Waals surface area contributed by atoms with Crippen LogP contribution >= 0.6 is 0 Å². The zero-order valence-corrected chi connectivity index (χ0v) is 13.9. The molecule has 0 aliphatic heterocycles. The number of aliphatic hydroxyl groups excluding tert-OH is 1. The highest BCUT2D eigenvalue weighted by Gasteiger charge is 2.25. The number of hydrogen-bond acceptors (Lipinski definition) is 2. The Bertz CT molecular complexity index is 406. The number of hydrogen-bond donors (Lipinski definition) is 1. The Hall–Kier alpha value is -0.860. The Morgan fingerprint density at radius 2 is 1.71 bits per heavy atom. The maximum Gasteiger partial charge on any atom is 0.0917 e. The highest BCUT2D eigenvalue weighted by Crippen LogP contribution is 2.26. The highest BCUT2D eigenvalue weighted by molar-refractivity contribution is 5.24. The molecule has 1 aromatic rings. The van der Waals surface area contributed by atoms with E-state index in [1.807, 2.05) is 0 Å². The van der Waals surface area contributed by atoms with Crippen molar-refractivity contribution in [3.8, 4) is 0 Å². The second kappa shape index (κ2) is 7.95. The Balaban J connectivity index is 1.99. The summed E-state index contributed by atoms with van der Waals surface area (Å²) in [5.41, 5.74) is 2.39. The van der Waals surface area contributed by atoms with Gasteiger partial charge < -0.3 is 5.11 Å². The minimum Gasteiger partial charge on any atom is -0.387 e. The molecule has 1 unspecified atom stereocenters. The van der Waals surface area contributed by atoms with Crippen LogP contribution < -0.4 is 0 Å². The fourth-order valence-corrected chi connectivity index (χ4v) is 3.41. The summed E-state index contributed by atoms with van der Waals surface area (Å²) in [7, 11) is 0. The van der Waals surface area contributed by atoms with E-state index in [-0.39, 0.29) is 6.10 Å². The summed E-state index contributed by atoms with van der Waals surface area (Å²) < 4.78 is 0. The van der Waals surface area contributed by atoms with Gasteiger partial charge in [0, 0.05) is 19.1 Å². The van der Waals surface area contributed by atoms with Crippen LogP contribution in [0.2, 0.25) is 0 Å². The SMILES string of the molecule is CCc1ccc(C(O)CN(CC(C)C)C2CCCC2)cc1. The highest BCUT2D eigenvalue weighted by atomic mass is 16.3. The molecule has 1 aliphatic rings. The van der Waals surface area contributed by atoms with Gasteiger partial charge in [-0.1, -0.05) is 57.9 Å². The maximum absolute atomic E-state index is 10.6. The maximum atomic E-state index is 10.6. The lowest BCUT2D eigenvalue weighted by atomic mass is 10.0. The van der Waals surface area contributed by atoms with Crippen molar-refractivity contribution in [2.45, 2.75) is 65.0 Å². The van der Waals surface area contributed by atoms with E-state index < -0.39 is 0 Å². The molecule has 1 atom stereocenters. The zero-order valence-electron chi connectivity index (χ0n) is 13.9. The van der Waals surface area contributed by atoms with Gasteiger partial charge in [-0.3, -0.25) is 4.90 Å². The van der Waals surface area contributed by atoms with Gasteiger partial charge in [-0.05, 0) is 36.3 Å². The van der Waals surface area contributed by atoms with E-state index in [1.165, 1.54) is 31.2 Å². The van der Waals surface area contributed by atoms with E-state index >= 15 is 0 Å². The molecule has 0 spiro atoms. The van der Waals surface area contributed by atoms with Crippen LogP contribution in [0, 0.1) is 5.92 Å². The Morgan fingerprint density at radius 3 is 2.24 bits per heavy atom. The molecule has 1 aliphatic carbocycles. The third-order valence-electron chi connectivity index (χ3n) is 4.62. The second-order valence-corrected chi connectivity index (χ2v) is 6.90. The first-order valence-electron chi connectivity index (χ1n) is 8.61. The molecule has 21 heavy (non-hydrogen) atoms. The quantitative estimate of drug-likeness (QED) is 0.814. The van der Waals surface area contributed by atoms with Gasteiger partial charge in [0.05, 0.1) is 6.10 Å². The van der Waals surface area contributed by atoms with Crippen LogP contribution in [0.4, 0.5) is 0 Å². The van der Waals surface area contributed by atoms with Crippen LogP contribution in [-0.2, 0) is 6.42 Å². The van der Waals surface area contributed by atoms with Gasteiger partial charge in [0.15, 0.2) is 0 Å². The molecule has 0 saturated heterocycles. The van der Waals surface area contributed by atoms with E-state index in [2.05, 4.69) is 49.9 Å². The van der Waals surface area contributed by atoms with E-state index in [0.29, 0.717) is 12.0 Å². The predicted molar refractivity (Wildman–Crippen MR) is 89.4 cm³/mol. The summed E-state index contributed by atoms with van der Waals surface area (Å²) in [6.07, 6.45) is 5.98. The van der Waals surface area contributed by atoms with Gasteiger partial charge in [-0.15, -0.1) is 0 Å². The van der Waals surface area contributed by atoms with Crippen molar-refractivity contribution in [1.29, 1.82) is 0 Å². The molecule has 1 aromatic carbocycles. The largest absolute Gasteiger partial charge is 0.387 e. The molecule has 0 heterocycles. The number of benzene rings is 1. The minimum atomic E-state index is -0.366. The Kier molecular flexibility index (Phi) is 6.25. The van der Waals surface area contributed by atoms with Gasteiger partial charge in [0.25, 0.3) is 0 Å². The molecule has 2 rings (SSSR count). The smallest absolute Gasteiger partial charge is 0.0917 e. The fourth-order valence-electron chi connectivity index (χ4n) is 3.41. The predicted octanol–water partition coefficient (Wildman–Crippen LogP) is 4.18. The number of rotatable bonds is 7. The number of aryl methyl sites for hydroxylation is 1. The summed E-state index contributed by atoms with van der Waals surface area (Å²) >= 11 is 0. The minimum absolute atomic E-state index is 0.366. The van der Waals surface area contributed by atoms with Gasteiger partial charge >= 0.3 is 0 Å². The van der Waals surface area contributed by atoms with Gasteiger partial charge in [0.1, 0.15) is 0 Å². The number of nitrogens with zero attached hydrogens (tertiary/aromatic N) is 1. The molecular weight excluding hydrogens is 258 g/mol. The van der Waals surface area contributed by atoms with E-state index in [9.17, 15) is 5.11 Å². The fraction of sp³-hybridized carbons (Fsp3) is 0.684. The summed E-state index contributed by atoms with van der Waals surface area (Å²) in [4.78, 5) is 2.52. The molecule has 2 nitrogen and oxygen atoms in total. The zero-order chi connectivity index (χ0) is 15.2. The molecule has 1 saturated carbocycles. The second-order valence-electron chi connectivity index (χ2n) is 6.90. The molecule has 0 amide bonds. The van der Waals surface area contributed by atoms with Crippen LogP contribution in [0.3, 0.4) is 0 Å². The van der Waals surface area contributed by atoms with E-state index in [0.717, 1.165) is 25.1 Å². The molecule has 2 heteroatoms. The summed E-state index contributed by atoms with van der Waals surface area (Å²) in [6, 6.07) is 9.14. The van der Waals surface area contributed by atoms with Crippen LogP contribution in [0.1, 0.15) is 63.7 Å². The lowest BCUT2D eigenvalue weighted by Crippen LogP contribution is -2.39.